The molecule has 22 heavy (non-hydrogen) atoms. The van der Waals surface area contributed by atoms with Gasteiger partial charge in [-0.15, -0.1) is 12.4 Å². The first-order valence-corrected chi connectivity index (χ1v) is 7.47. The second-order valence-corrected chi connectivity index (χ2v) is 6.17. The molecule has 0 bridgehead atoms. The molecule has 0 amide bonds. The zero-order chi connectivity index (χ0) is 15.1. The van der Waals surface area contributed by atoms with E-state index in [1.165, 1.54) is 0 Å². The molecule has 1 aromatic carbocycles. The van der Waals surface area contributed by atoms with Gasteiger partial charge in [0.15, 0.2) is 0 Å². The number of rotatable bonds is 2. The van der Waals surface area contributed by atoms with Crippen LogP contribution in [0.2, 0.25) is 5.02 Å². The van der Waals surface area contributed by atoms with E-state index in [9.17, 15) is 5.11 Å². The normalized spacial score (nSPS) is 24.3. The molecule has 5 nitrogen and oxygen atoms in total. The Morgan fingerprint density at radius 3 is 2.64 bits per heavy atom. The van der Waals surface area contributed by atoms with E-state index in [2.05, 4.69) is 10.1 Å². The van der Waals surface area contributed by atoms with Crippen LogP contribution in [0.5, 0.6) is 0 Å². The van der Waals surface area contributed by atoms with Gasteiger partial charge < -0.3 is 10.8 Å². The van der Waals surface area contributed by atoms with Crippen LogP contribution in [0.3, 0.4) is 0 Å². The molecule has 1 fully saturated rings. The smallest absolute Gasteiger partial charge is 0.148 e. The first kappa shape index (κ1) is 17.2. The van der Waals surface area contributed by atoms with Gasteiger partial charge in [-0.25, -0.2) is 9.67 Å². The van der Waals surface area contributed by atoms with Crippen molar-refractivity contribution in [2.24, 2.45) is 5.73 Å². The molecule has 0 radical (unpaired) electrons. The Kier molecular flexibility index (Phi) is 5.12. The number of halogens is 2. The van der Waals surface area contributed by atoms with Crippen molar-refractivity contribution < 1.29 is 5.11 Å². The Morgan fingerprint density at radius 2 is 2.05 bits per heavy atom. The summed E-state index contributed by atoms with van der Waals surface area (Å²) in [6.45, 7) is 3.83. The van der Waals surface area contributed by atoms with E-state index < -0.39 is 6.10 Å². The zero-order valence-electron chi connectivity index (χ0n) is 12.5. The number of aliphatic hydroxyl groups excluding tert-OH is 1. The van der Waals surface area contributed by atoms with Crippen molar-refractivity contribution in [2.75, 3.05) is 0 Å². The van der Waals surface area contributed by atoms with Gasteiger partial charge in [0, 0.05) is 17.0 Å². The van der Waals surface area contributed by atoms with Gasteiger partial charge in [0.25, 0.3) is 0 Å². The van der Waals surface area contributed by atoms with Crippen molar-refractivity contribution in [3.8, 4) is 5.69 Å². The van der Waals surface area contributed by atoms with Crippen LogP contribution in [0, 0.1) is 13.8 Å². The number of benzene rings is 1. The molecule has 1 aromatic heterocycles. The highest BCUT2D eigenvalue weighted by Crippen LogP contribution is 2.34. The number of aryl methyl sites for hydroxylation is 2. The van der Waals surface area contributed by atoms with E-state index in [1.54, 1.807) is 0 Å². The Bertz CT molecular complexity index is 664. The zero-order valence-corrected chi connectivity index (χ0v) is 14.1. The van der Waals surface area contributed by atoms with Crippen LogP contribution in [0.15, 0.2) is 18.2 Å². The molecule has 0 aliphatic heterocycles. The molecule has 3 rings (SSSR count). The molecule has 120 valence electrons. The average Bonchev–Trinajstić information content (AvgIpc) is 2.97. The molecule has 3 N–H and O–H groups in total. The van der Waals surface area contributed by atoms with Crippen LogP contribution in [0.4, 0.5) is 0 Å². The van der Waals surface area contributed by atoms with Gasteiger partial charge in [0.1, 0.15) is 11.6 Å². The highest BCUT2D eigenvalue weighted by atomic mass is 35.5. The van der Waals surface area contributed by atoms with E-state index in [-0.39, 0.29) is 24.4 Å². The van der Waals surface area contributed by atoms with Gasteiger partial charge >= 0.3 is 0 Å². The summed E-state index contributed by atoms with van der Waals surface area (Å²) in [7, 11) is 0. The fourth-order valence-electron chi connectivity index (χ4n) is 2.86. The summed E-state index contributed by atoms with van der Waals surface area (Å²) in [4.78, 5) is 4.53. The van der Waals surface area contributed by atoms with E-state index in [0.29, 0.717) is 17.3 Å². The third kappa shape index (κ3) is 3.13. The second-order valence-electron chi connectivity index (χ2n) is 5.76. The van der Waals surface area contributed by atoms with Crippen molar-refractivity contribution in [3.63, 3.8) is 0 Å². The minimum atomic E-state index is -0.470. The molecule has 0 saturated heterocycles. The summed E-state index contributed by atoms with van der Waals surface area (Å²) >= 11 is 6.21. The predicted molar refractivity (Wildman–Crippen MR) is 89.0 cm³/mol. The standard InChI is InChI=1S/C15H19ClN4O.ClH/c1-8-3-4-11(7-12(8)16)20-15(18-9(2)19-20)10-5-13(17)14(21)6-10;/h3-4,7,10,13-14,21H,5-6,17H2,1-2H3;1H/t10-,13+,14+;/m0./s1. The van der Waals surface area contributed by atoms with Gasteiger partial charge in [-0.3, -0.25) is 0 Å². The van der Waals surface area contributed by atoms with Gasteiger partial charge in [0.05, 0.1) is 11.8 Å². The highest BCUT2D eigenvalue weighted by Gasteiger charge is 2.34. The predicted octanol–water partition coefficient (Wildman–Crippen LogP) is 2.52. The monoisotopic (exact) mass is 342 g/mol. The van der Waals surface area contributed by atoms with Gasteiger partial charge in [-0.1, -0.05) is 17.7 Å². The molecule has 3 atom stereocenters. The molecule has 7 heteroatoms. The summed E-state index contributed by atoms with van der Waals surface area (Å²) in [5, 5.41) is 15.0. The molecule has 1 saturated carbocycles. The Balaban J connectivity index is 0.00000176. The lowest BCUT2D eigenvalue weighted by atomic mass is 10.1. The Morgan fingerprint density at radius 1 is 1.32 bits per heavy atom. The SMILES string of the molecule is Cc1nc([C@H]2C[C@@H](N)[C@H](O)C2)n(-c2ccc(C)c(Cl)c2)n1.Cl. The molecule has 1 aliphatic rings. The lowest BCUT2D eigenvalue weighted by Gasteiger charge is -2.12. The Hall–Kier alpha value is -1.14. The van der Waals surface area contributed by atoms with E-state index in [0.717, 1.165) is 23.5 Å². The van der Waals surface area contributed by atoms with Crippen molar-refractivity contribution in [2.45, 2.75) is 44.8 Å². The third-order valence-electron chi connectivity index (χ3n) is 4.08. The molecule has 2 aromatic rings. The lowest BCUT2D eigenvalue weighted by Crippen LogP contribution is -2.28. The molecular weight excluding hydrogens is 323 g/mol. The topological polar surface area (TPSA) is 77.0 Å². The third-order valence-corrected chi connectivity index (χ3v) is 4.49. The molecular formula is C15H20Cl2N4O. The van der Waals surface area contributed by atoms with E-state index in [4.69, 9.17) is 17.3 Å². The maximum Gasteiger partial charge on any atom is 0.148 e. The van der Waals surface area contributed by atoms with Gasteiger partial charge in [0.2, 0.25) is 0 Å². The Labute approximate surface area is 140 Å². The summed E-state index contributed by atoms with van der Waals surface area (Å²) in [6, 6.07) is 5.64. The first-order valence-electron chi connectivity index (χ1n) is 7.09. The highest BCUT2D eigenvalue weighted by molar-refractivity contribution is 6.31. The molecule has 0 spiro atoms. The summed E-state index contributed by atoms with van der Waals surface area (Å²) in [6.07, 6.45) is 0.875. The van der Waals surface area contributed by atoms with E-state index in [1.807, 2.05) is 36.7 Å². The number of aromatic nitrogens is 3. The van der Waals surface area contributed by atoms with Crippen LogP contribution in [0.25, 0.3) is 5.69 Å². The van der Waals surface area contributed by atoms with Crippen molar-refractivity contribution in [1.29, 1.82) is 0 Å². The number of nitrogens with zero attached hydrogens (tertiary/aromatic N) is 3. The summed E-state index contributed by atoms with van der Waals surface area (Å²) in [5.74, 6) is 1.67. The fraction of sp³-hybridized carbons (Fsp3) is 0.467. The number of aliphatic hydroxyl groups is 1. The largest absolute Gasteiger partial charge is 0.391 e. The van der Waals surface area contributed by atoms with Crippen LogP contribution >= 0.6 is 24.0 Å². The fourth-order valence-corrected chi connectivity index (χ4v) is 3.03. The van der Waals surface area contributed by atoms with Crippen molar-refractivity contribution in [3.05, 3.63) is 40.4 Å². The van der Waals surface area contributed by atoms with E-state index >= 15 is 0 Å². The van der Waals surface area contributed by atoms with Gasteiger partial charge in [-0.05, 0) is 44.4 Å². The van der Waals surface area contributed by atoms with Crippen molar-refractivity contribution >= 4 is 24.0 Å². The number of nitrogens with two attached hydrogens (primary N) is 1. The maximum atomic E-state index is 9.87. The van der Waals surface area contributed by atoms with Gasteiger partial charge in [-0.2, -0.15) is 5.10 Å². The lowest BCUT2D eigenvalue weighted by molar-refractivity contribution is 0.163. The van der Waals surface area contributed by atoms with Crippen LogP contribution in [-0.2, 0) is 0 Å². The average molecular weight is 343 g/mol. The first-order chi connectivity index (χ1) is 9.95. The quantitative estimate of drug-likeness (QED) is 0.878. The maximum absolute atomic E-state index is 9.87. The number of hydrogen-bond donors (Lipinski definition) is 2. The minimum Gasteiger partial charge on any atom is -0.391 e. The van der Waals surface area contributed by atoms with Crippen LogP contribution < -0.4 is 5.73 Å². The minimum absolute atomic E-state index is 0. The molecule has 1 aliphatic carbocycles. The van der Waals surface area contributed by atoms with Crippen molar-refractivity contribution in [1.82, 2.24) is 14.8 Å². The summed E-state index contributed by atoms with van der Waals surface area (Å²) in [5.41, 5.74) is 7.83. The van der Waals surface area contributed by atoms with Crippen LogP contribution in [-0.4, -0.2) is 32.0 Å². The van der Waals surface area contributed by atoms with Crippen LogP contribution in [0.1, 0.15) is 36.0 Å². The number of hydrogen-bond acceptors (Lipinski definition) is 4. The molecule has 1 heterocycles. The molecule has 0 unspecified atom stereocenters. The summed E-state index contributed by atoms with van der Waals surface area (Å²) < 4.78 is 1.82. The second kappa shape index (κ2) is 6.54.